The number of quaternary nitrogens is 1. The highest BCUT2D eigenvalue weighted by atomic mass is 32.2. The van der Waals surface area contributed by atoms with Crippen molar-refractivity contribution >= 4 is 38.7 Å². The van der Waals surface area contributed by atoms with Crippen LogP contribution in [0.4, 0.5) is 5.69 Å². The van der Waals surface area contributed by atoms with Crippen LogP contribution in [0.15, 0.2) is 51.1 Å². The maximum atomic E-state index is 12.5. The Morgan fingerprint density at radius 1 is 1.15 bits per heavy atom. The summed E-state index contributed by atoms with van der Waals surface area (Å²) in [7, 11) is -1.59. The average Bonchev–Trinajstić information content (AvgIpc) is 3.17. The lowest BCUT2D eigenvalue weighted by Crippen LogP contribution is -3.10. The number of hydrogen-bond acceptors (Lipinski definition) is 5. The number of rotatable bonds is 5. The van der Waals surface area contributed by atoms with Gasteiger partial charge >= 0.3 is 0 Å². The molecule has 7 nitrogen and oxygen atoms in total. The standard InChI is InChI=1S/C17H20N4O3S2/c1-21-10-8-13(9-11-21)18-19-17(22)14-5-2-3-6-15(14)20-26(23,24)16-7-4-12-25-16/h2-7,12,20H,8-11H2,1H3,(H,19,22)/p+1. The van der Waals surface area contributed by atoms with E-state index in [0.29, 0.717) is 0 Å². The normalized spacial score (nSPS) is 17.6. The molecule has 1 aliphatic heterocycles. The lowest BCUT2D eigenvalue weighted by molar-refractivity contribution is -0.880. The summed E-state index contributed by atoms with van der Waals surface area (Å²) in [4.78, 5) is 13.9. The van der Waals surface area contributed by atoms with Gasteiger partial charge in [0.15, 0.2) is 0 Å². The van der Waals surface area contributed by atoms with E-state index in [-0.39, 0.29) is 15.5 Å². The van der Waals surface area contributed by atoms with Gasteiger partial charge < -0.3 is 4.90 Å². The van der Waals surface area contributed by atoms with Crippen molar-refractivity contribution in [1.82, 2.24) is 5.43 Å². The fourth-order valence-corrected chi connectivity index (χ4v) is 4.72. The molecule has 9 heteroatoms. The minimum Gasteiger partial charge on any atom is -0.337 e. The first-order valence-electron chi connectivity index (χ1n) is 8.28. The topological polar surface area (TPSA) is 92.1 Å². The average molecular weight is 394 g/mol. The Morgan fingerprint density at radius 3 is 2.58 bits per heavy atom. The molecule has 0 unspecified atom stereocenters. The second-order valence-corrected chi connectivity index (χ2v) is 9.02. The summed E-state index contributed by atoms with van der Waals surface area (Å²) in [5, 5.41) is 5.90. The second-order valence-electron chi connectivity index (χ2n) is 6.16. The molecule has 3 N–H and O–H groups in total. The molecule has 2 aromatic rings. The van der Waals surface area contributed by atoms with E-state index in [4.69, 9.17) is 0 Å². The maximum Gasteiger partial charge on any atom is 0.273 e. The van der Waals surface area contributed by atoms with Crippen molar-refractivity contribution in [3.63, 3.8) is 0 Å². The minimum atomic E-state index is -3.72. The zero-order valence-electron chi connectivity index (χ0n) is 14.4. The smallest absolute Gasteiger partial charge is 0.273 e. The Balaban J connectivity index is 1.74. The van der Waals surface area contributed by atoms with Gasteiger partial charge in [0.05, 0.1) is 31.4 Å². The first-order valence-corrected chi connectivity index (χ1v) is 10.6. The summed E-state index contributed by atoms with van der Waals surface area (Å²) in [6, 6.07) is 9.67. The number of amides is 1. The molecule has 0 saturated carbocycles. The molecular weight excluding hydrogens is 372 g/mol. The van der Waals surface area contributed by atoms with Gasteiger partial charge in [0.25, 0.3) is 15.9 Å². The van der Waals surface area contributed by atoms with Gasteiger partial charge in [-0.3, -0.25) is 9.52 Å². The molecule has 1 amide bonds. The van der Waals surface area contributed by atoms with Crippen LogP contribution in [0.1, 0.15) is 23.2 Å². The third kappa shape index (κ3) is 4.48. The SMILES string of the molecule is C[NH+]1CCC(=NNC(=O)c2ccccc2NS(=O)(=O)c2cccs2)CC1. The number of carbonyl (C=O) groups excluding carboxylic acids is 1. The zero-order valence-corrected chi connectivity index (χ0v) is 16.0. The maximum absolute atomic E-state index is 12.5. The molecule has 0 radical (unpaired) electrons. The van der Waals surface area contributed by atoms with E-state index < -0.39 is 15.9 Å². The van der Waals surface area contributed by atoms with Crippen LogP contribution in [-0.2, 0) is 10.0 Å². The largest absolute Gasteiger partial charge is 0.337 e. The van der Waals surface area contributed by atoms with E-state index in [0.717, 1.165) is 43.0 Å². The Hall–Kier alpha value is -2.23. The lowest BCUT2D eigenvalue weighted by Gasteiger charge is -2.20. The quantitative estimate of drug-likeness (QED) is 0.660. The fourth-order valence-electron chi connectivity index (χ4n) is 2.65. The van der Waals surface area contributed by atoms with Crippen LogP contribution in [0.2, 0.25) is 0 Å². The molecule has 1 aliphatic rings. The minimum absolute atomic E-state index is 0.196. The van der Waals surface area contributed by atoms with Crippen molar-refractivity contribution in [1.29, 1.82) is 0 Å². The van der Waals surface area contributed by atoms with Crippen molar-refractivity contribution in [2.75, 3.05) is 24.9 Å². The number of nitrogens with one attached hydrogen (secondary N) is 3. The number of thiophene rings is 1. The van der Waals surface area contributed by atoms with Crippen LogP contribution in [0.25, 0.3) is 0 Å². The third-order valence-corrected chi connectivity index (χ3v) is 6.94. The third-order valence-electron chi connectivity index (χ3n) is 4.17. The van der Waals surface area contributed by atoms with E-state index in [2.05, 4.69) is 22.3 Å². The molecule has 1 fully saturated rings. The number of hydrogen-bond donors (Lipinski definition) is 3. The molecule has 138 valence electrons. The summed E-state index contributed by atoms with van der Waals surface area (Å²) in [5.41, 5.74) is 3.97. The van der Waals surface area contributed by atoms with Gasteiger partial charge in [-0.15, -0.1) is 11.3 Å². The number of anilines is 1. The van der Waals surface area contributed by atoms with Gasteiger partial charge in [0, 0.05) is 18.6 Å². The van der Waals surface area contributed by atoms with Gasteiger partial charge in [-0.1, -0.05) is 18.2 Å². The molecular formula is C17H21N4O3S2+. The first-order chi connectivity index (χ1) is 12.5. The van der Waals surface area contributed by atoms with Crippen LogP contribution in [0, 0.1) is 0 Å². The summed E-state index contributed by atoms with van der Waals surface area (Å²) in [5.74, 6) is -0.437. The van der Waals surface area contributed by atoms with Crippen molar-refractivity contribution in [2.45, 2.75) is 17.1 Å². The van der Waals surface area contributed by atoms with Gasteiger partial charge in [-0.25, -0.2) is 13.8 Å². The Kier molecular flexibility index (Phi) is 5.70. The predicted molar refractivity (Wildman–Crippen MR) is 102 cm³/mol. The monoisotopic (exact) mass is 393 g/mol. The van der Waals surface area contributed by atoms with Gasteiger partial charge in [0.2, 0.25) is 0 Å². The Bertz CT molecular complexity index is 898. The zero-order chi connectivity index (χ0) is 18.6. The van der Waals surface area contributed by atoms with E-state index in [1.54, 1.807) is 35.7 Å². The number of nitrogens with zero attached hydrogens (tertiary/aromatic N) is 1. The number of carbonyl (C=O) groups is 1. The summed E-state index contributed by atoms with van der Waals surface area (Å²) in [6.07, 6.45) is 1.69. The fraction of sp³-hybridized carbons (Fsp3) is 0.294. The van der Waals surface area contributed by atoms with Crippen LogP contribution in [0.5, 0.6) is 0 Å². The molecule has 1 aromatic heterocycles. The highest BCUT2D eigenvalue weighted by Gasteiger charge is 2.20. The van der Waals surface area contributed by atoms with E-state index in [9.17, 15) is 13.2 Å². The molecule has 2 heterocycles. The number of sulfonamides is 1. The van der Waals surface area contributed by atoms with Crippen molar-refractivity contribution in [3.05, 3.63) is 47.3 Å². The Morgan fingerprint density at radius 2 is 1.88 bits per heavy atom. The molecule has 0 atom stereocenters. The van der Waals surface area contributed by atoms with E-state index in [1.807, 2.05) is 0 Å². The first kappa shape index (κ1) is 18.6. The number of benzene rings is 1. The molecule has 26 heavy (non-hydrogen) atoms. The second kappa shape index (κ2) is 7.98. The number of para-hydroxylation sites is 1. The predicted octanol–water partition coefficient (Wildman–Crippen LogP) is 0.943. The van der Waals surface area contributed by atoms with Crippen LogP contribution in [0.3, 0.4) is 0 Å². The van der Waals surface area contributed by atoms with Crippen molar-refractivity contribution in [2.24, 2.45) is 5.10 Å². The summed E-state index contributed by atoms with van der Waals surface area (Å²) < 4.78 is 27.5. The highest BCUT2D eigenvalue weighted by molar-refractivity contribution is 7.94. The van der Waals surface area contributed by atoms with Gasteiger partial charge in [-0.2, -0.15) is 5.10 Å². The lowest BCUT2D eigenvalue weighted by atomic mass is 10.1. The highest BCUT2D eigenvalue weighted by Crippen LogP contribution is 2.22. The molecule has 0 bridgehead atoms. The Labute approximate surface area is 156 Å². The molecule has 3 rings (SSSR count). The van der Waals surface area contributed by atoms with Crippen LogP contribution >= 0.6 is 11.3 Å². The van der Waals surface area contributed by atoms with Crippen LogP contribution in [-0.4, -0.2) is 40.2 Å². The van der Waals surface area contributed by atoms with Crippen molar-refractivity contribution in [3.8, 4) is 0 Å². The number of hydrazone groups is 1. The van der Waals surface area contributed by atoms with E-state index in [1.165, 1.54) is 11.0 Å². The number of piperidine rings is 1. The van der Waals surface area contributed by atoms with Gasteiger partial charge in [0.1, 0.15) is 4.21 Å². The summed E-state index contributed by atoms with van der Waals surface area (Å²) >= 11 is 1.12. The van der Waals surface area contributed by atoms with Crippen molar-refractivity contribution < 1.29 is 18.1 Å². The van der Waals surface area contributed by atoms with Gasteiger partial charge in [-0.05, 0) is 23.6 Å². The number of likely N-dealkylation sites (tertiary alicyclic amines) is 1. The molecule has 1 saturated heterocycles. The molecule has 0 aliphatic carbocycles. The molecule has 0 spiro atoms. The molecule has 1 aromatic carbocycles. The van der Waals surface area contributed by atoms with Crippen LogP contribution < -0.4 is 15.0 Å². The van der Waals surface area contributed by atoms with E-state index >= 15 is 0 Å². The summed E-state index contributed by atoms with van der Waals surface area (Å²) in [6.45, 7) is 1.98.